The van der Waals surface area contributed by atoms with Crippen LogP contribution in [-0.4, -0.2) is 19.1 Å². The number of benzene rings is 1. The summed E-state index contributed by atoms with van der Waals surface area (Å²) in [6.45, 7) is 2.23. The van der Waals surface area contributed by atoms with E-state index in [2.05, 4.69) is 33.4 Å². The van der Waals surface area contributed by atoms with E-state index in [0.29, 0.717) is 18.9 Å². The monoisotopic (exact) mass is 283 g/mol. The zero-order chi connectivity index (χ0) is 11.4. The number of nitrogens with one attached hydrogen (secondary N) is 1. The molecule has 0 aliphatic carbocycles. The minimum Gasteiger partial charge on any atom is -0.465 e. The van der Waals surface area contributed by atoms with E-state index in [9.17, 15) is 4.79 Å². The molecule has 0 aromatic heterocycles. The van der Waals surface area contributed by atoms with Crippen LogP contribution in [0.5, 0.6) is 0 Å². The normalized spacial score (nSPS) is 19.8. The van der Waals surface area contributed by atoms with Crippen LogP contribution in [0.2, 0.25) is 0 Å². The Bertz CT molecular complexity index is 364. The van der Waals surface area contributed by atoms with Crippen LogP contribution in [0.15, 0.2) is 28.7 Å². The molecule has 0 spiro atoms. The number of carbonyl (C=O) groups is 1. The minimum atomic E-state index is -0.0737. The van der Waals surface area contributed by atoms with Crippen molar-refractivity contribution in [1.82, 2.24) is 5.32 Å². The molecular weight excluding hydrogens is 270 g/mol. The standard InChI is InChI=1S/C12H14BrNO2/c13-11-3-1-9(2-4-11)6-14-7-10-5-12(15)16-8-10/h1-4,10,14H,5-8H2. The number of carbonyl (C=O) groups excluding carboxylic acids is 1. The second-order valence-corrected chi connectivity index (χ2v) is 4.93. The molecule has 0 radical (unpaired) electrons. The average Bonchev–Trinajstić information content (AvgIpc) is 2.67. The van der Waals surface area contributed by atoms with Crippen LogP contribution in [0.4, 0.5) is 0 Å². The average molecular weight is 284 g/mol. The van der Waals surface area contributed by atoms with E-state index in [4.69, 9.17) is 4.74 Å². The Morgan fingerprint density at radius 1 is 1.38 bits per heavy atom. The van der Waals surface area contributed by atoms with E-state index in [1.54, 1.807) is 0 Å². The predicted molar refractivity (Wildman–Crippen MR) is 64.9 cm³/mol. The maximum absolute atomic E-state index is 10.9. The Morgan fingerprint density at radius 2 is 2.12 bits per heavy atom. The van der Waals surface area contributed by atoms with Crippen molar-refractivity contribution >= 4 is 21.9 Å². The smallest absolute Gasteiger partial charge is 0.306 e. The largest absolute Gasteiger partial charge is 0.465 e. The first-order chi connectivity index (χ1) is 7.74. The van der Waals surface area contributed by atoms with Crippen molar-refractivity contribution < 1.29 is 9.53 Å². The van der Waals surface area contributed by atoms with Crippen molar-refractivity contribution in [3.8, 4) is 0 Å². The second-order valence-electron chi connectivity index (χ2n) is 4.01. The number of rotatable bonds is 4. The molecule has 1 saturated heterocycles. The van der Waals surface area contributed by atoms with Crippen LogP contribution in [0.3, 0.4) is 0 Å². The van der Waals surface area contributed by atoms with Crippen LogP contribution in [0.1, 0.15) is 12.0 Å². The van der Waals surface area contributed by atoms with E-state index in [1.807, 2.05) is 12.1 Å². The molecule has 0 amide bonds. The summed E-state index contributed by atoms with van der Waals surface area (Å²) in [4.78, 5) is 10.9. The van der Waals surface area contributed by atoms with E-state index in [1.165, 1.54) is 5.56 Å². The maximum Gasteiger partial charge on any atom is 0.306 e. The lowest BCUT2D eigenvalue weighted by molar-refractivity contribution is -0.137. The third kappa shape index (κ3) is 3.32. The summed E-state index contributed by atoms with van der Waals surface area (Å²) in [5.41, 5.74) is 1.24. The van der Waals surface area contributed by atoms with Gasteiger partial charge in [-0.15, -0.1) is 0 Å². The second kappa shape index (κ2) is 5.46. The van der Waals surface area contributed by atoms with Crippen LogP contribution < -0.4 is 5.32 Å². The van der Waals surface area contributed by atoms with E-state index < -0.39 is 0 Å². The Labute approximate surface area is 103 Å². The van der Waals surface area contributed by atoms with Gasteiger partial charge in [0.1, 0.15) is 0 Å². The highest BCUT2D eigenvalue weighted by molar-refractivity contribution is 9.10. The molecule has 2 rings (SSSR count). The fourth-order valence-electron chi connectivity index (χ4n) is 1.72. The van der Waals surface area contributed by atoms with Gasteiger partial charge in [0.15, 0.2) is 0 Å². The lowest BCUT2D eigenvalue weighted by Crippen LogP contribution is -2.22. The van der Waals surface area contributed by atoms with Gasteiger partial charge in [-0.3, -0.25) is 4.79 Å². The van der Waals surface area contributed by atoms with Crippen molar-refractivity contribution in [1.29, 1.82) is 0 Å². The van der Waals surface area contributed by atoms with Gasteiger partial charge in [0.05, 0.1) is 13.0 Å². The summed E-state index contributed by atoms with van der Waals surface area (Å²) >= 11 is 3.40. The Morgan fingerprint density at radius 3 is 2.75 bits per heavy atom. The number of esters is 1. The maximum atomic E-state index is 10.9. The van der Waals surface area contributed by atoms with Gasteiger partial charge in [-0.2, -0.15) is 0 Å². The molecule has 1 aromatic carbocycles. The van der Waals surface area contributed by atoms with Crippen LogP contribution >= 0.6 is 15.9 Å². The Hall–Kier alpha value is -0.870. The molecule has 4 heteroatoms. The molecule has 1 heterocycles. The fraction of sp³-hybridized carbons (Fsp3) is 0.417. The SMILES string of the molecule is O=C1CC(CNCc2ccc(Br)cc2)CO1. The quantitative estimate of drug-likeness (QED) is 0.860. The lowest BCUT2D eigenvalue weighted by atomic mass is 10.1. The molecule has 1 aliphatic rings. The van der Waals surface area contributed by atoms with Crippen molar-refractivity contribution in [2.75, 3.05) is 13.2 Å². The summed E-state index contributed by atoms with van der Waals surface area (Å²) in [6.07, 6.45) is 0.549. The number of hydrogen-bond donors (Lipinski definition) is 1. The summed E-state index contributed by atoms with van der Waals surface area (Å²) < 4.78 is 5.99. The first kappa shape index (κ1) is 11.6. The molecule has 1 fully saturated rings. The van der Waals surface area contributed by atoms with E-state index >= 15 is 0 Å². The Kier molecular flexibility index (Phi) is 3.96. The van der Waals surface area contributed by atoms with Gasteiger partial charge in [-0.25, -0.2) is 0 Å². The first-order valence-corrected chi connectivity index (χ1v) is 6.14. The summed E-state index contributed by atoms with van der Waals surface area (Å²) in [5, 5.41) is 3.34. The number of hydrogen-bond acceptors (Lipinski definition) is 3. The van der Waals surface area contributed by atoms with Gasteiger partial charge >= 0.3 is 5.97 Å². The summed E-state index contributed by atoms with van der Waals surface area (Å²) in [6, 6.07) is 8.21. The third-order valence-corrected chi connectivity index (χ3v) is 3.14. The van der Waals surface area contributed by atoms with Gasteiger partial charge in [-0.05, 0) is 17.7 Å². The van der Waals surface area contributed by atoms with Gasteiger partial charge in [0.25, 0.3) is 0 Å². The summed E-state index contributed by atoms with van der Waals surface area (Å²) in [5.74, 6) is 0.262. The molecular formula is C12H14BrNO2. The van der Waals surface area contributed by atoms with E-state index in [-0.39, 0.29) is 5.97 Å². The minimum absolute atomic E-state index is 0.0737. The number of cyclic esters (lactones) is 1. The van der Waals surface area contributed by atoms with Gasteiger partial charge in [0.2, 0.25) is 0 Å². The molecule has 3 nitrogen and oxygen atoms in total. The molecule has 0 saturated carbocycles. The van der Waals surface area contributed by atoms with Crippen molar-refractivity contribution in [2.24, 2.45) is 5.92 Å². The van der Waals surface area contributed by atoms with Gasteiger partial charge < -0.3 is 10.1 Å². The Balaban J connectivity index is 1.72. The number of halogens is 1. The van der Waals surface area contributed by atoms with Crippen molar-refractivity contribution in [3.05, 3.63) is 34.3 Å². The molecule has 1 atom stereocenters. The number of ether oxygens (including phenoxy) is 1. The molecule has 1 N–H and O–H groups in total. The van der Waals surface area contributed by atoms with Crippen LogP contribution in [0.25, 0.3) is 0 Å². The zero-order valence-corrected chi connectivity index (χ0v) is 10.5. The van der Waals surface area contributed by atoms with Crippen molar-refractivity contribution in [3.63, 3.8) is 0 Å². The summed E-state index contributed by atoms with van der Waals surface area (Å²) in [7, 11) is 0. The molecule has 1 aromatic rings. The molecule has 1 unspecified atom stereocenters. The molecule has 16 heavy (non-hydrogen) atoms. The predicted octanol–water partition coefficient (Wildman–Crippen LogP) is 2.10. The van der Waals surface area contributed by atoms with Gasteiger partial charge in [-0.1, -0.05) is 28.1 Å². The molecule has 0 bridgehead atoms. The molecule has 86 valence electrons. The van der Waals surface area contributed by atoms with Gasteiger partial charge in [0, 0.05) is 23.5 Å². The van der Waals surface area contributed by atoms with E-state index in [0.717, 1.165) is 17.6 Å². The first-order valence-electron chi connectivity index (χ1n) is 5.35. The molecule has 1 aliphatic heterocycles. The van der Waals surface area contributed by atoms with Crippen molar-refractivity contribution in [2.45, 2.75) is 13.0 Å². The highest BCUT2D eigenvalue weighted by atomic mass is 79.9. The topological polar surface area (TPSA) is 38.3 Å². The lowest BCUT2D eigenvalue weighted by Gasteiger charge is -2.08. The third-order valence-electron chi connectivity index (χ3n) is 2.61. The zero-order valence-electron chi connectivity index (χ0n) is 8.91. The fourth-order valence-corrected chi connectivity index (χ4v) is 1.98. The van der Waals surface area contributed by atoms with Crippen LogP contribution in [0, 0.1) is 5.92 Å². The van der Waals surface area contributed by atoms with Crippen LogP contribution in [-0.2, 0) is 16.1 Å². The highest BCUT2D eigenvalue weighted by Crippen LogP contribution is 2.13. The highest BCUT2D eigenvalue weighted by Gasteiger charge is 2.22.